The van der Waals surface area contributed by atoms with E-state index in [1.54, 1.807) is 12.1 Å². The standard InChI is InChI=1S/C15H13BrF2O2/c1-20-15-5-2-9(6-13(15)18)7-14(19)11-8-10(16)3-4-12(11)17/h2-6,8,14,19H,7H2,1H3. The van der Waals surface area contributed by atoms with Crippen LogP contribution in [0.5, 0.6) is 5.75 Å². The Balaban J connectivity index is 2.21. The number of methoxy groups -OCH3 is 1. The van der Waals surface area contributed by atoms with E-state index in [2.05, 4.69) is 15.9 Å². The first-order valence-corrected chi connectivity index (χ1v) is 6.76. The normalized spacial score (nSPS) is 12.2. The second kappa shape index (κ2) is 6.33. The lowest BCUT2D eigenvalue weighted by Crippen LogP contribution is -2.05. The average molecular weight is 343 g/mol. The van der Waals surface area contributed by atoms with Gasteiger partial charge >= 0.3 is 0 Å². The summed E-state index contributed by atoms with van der Waals surface area (Å²) in [7, 11) is 1.38. The van der Waals surface area contributed by atoms with Gasteiger partial charge in [0.2, 0.25) is 0 Å². The molecule has 0 spiro atoms. The summed E-state index contributed by atoms with van der Waals surface area (Å²) in [6.07, 6.45) is -0.922. The van der Waals surface area contributed by atoms with E-state index in [1.165, 1.54) is 31.4 Å². The molecule has 0 heterocycles. The lowest BCUT2D eigenvalue weighted by atomic mass is 10.0. The molecule has 2 aromatic rings. The van der Waals surface area contributed by atoms with Gasteiger partial charge in [-0.1, -0.05) is 22.0 Å². The summed E-state index contributed by atoms with van der Waals surface area (Å²) in [4.78, 5) is 0. The van der Waals surface area contributed by atoms with E-state index in [1.807, 2.05) is 0 Å². The first kappa shape index (κ1) is 14.9. The molecule has 0 radical (unpaired) electrons. The number of ether oxygens (including phenoxy) is 1. The van der Waals surface area contributed by atoms with Crippen LogP contribution in [0.1, 0.15) is 17.2 Å². The van der Waals surface area contributed by atoms with Gasteiger partial charge in [0.1, 0.15) is 5.82 Å². The van der Waals surface area contributed by atoms with E-state index in [0.717, 1.165) is 0 Å². The fourth-order valence-electron chi connectivity index (χ4n) is 1.94. The van der Waals surface area contributed by atoms with Crippen LogP contribution >= 0.6 is 15.9 Å². The number of halogens is 3. The van der Waals surface area contributed by atoms with E-state index < -0.39 is 17.7 Å². The van der Waals surface area contributed by atoms with Crippen molar-refractivity contribution in [3.05, 3.63) is 63.6 Å². The fraction of sp³-hybridized carbons (Fsp3) is 0.200. The molecule has 106 valence electrons. The summed E-state index contributed by atoms with van der Waals surface area (Å²) in [5.74, 6) is -0.863. The molecule has 1 N–H and O–H groups in total. The minimum atomic E-state index is -1.04. The molecule has 0 fully saturated rings. The van der Waals surface area contributed by atoms with Gasteiger partial charge in [-0.05, 0) is 35.9 Å². The molecule has 2 aromatic carbocycles. The van der Waals surface area contributed by atoms with Crippen molar-refractivity contribution < 1.29 is 18.6 Å². The summed E-state index contributed by atoms with van der Waals surface area (Å²) in [5.41, 5.74) is 0.741. The number of aliphatic hydroxyl groups is 1. The van der Waals surface area contributed by atoms with Gasteiger partial charge in [0, 0.05) is 16.5 Å². The van der Waals surface area contributed by atoms with Crippen molar-refractivity contribution in [3.63, 3.8) is 0 Å². The lowest BCUT2D eigenvalue weighted by molar-refractivity contribution is 0.173. The topological polar surface area (TPSA) is 29.5 Å². The van der Waals surface area contributed by atoms with Crippen molar-refractivity contribution in [3.8, 4) is 5.75 Å². The molecule has 2 rings (SSSR count). The molecule has 5 heteroatoms. The molecule has 0 aliphatic heterocycles. The Labute approximate surface area is 124 Å². The Morgan fingerprint density at radius 1 is 1.15 bits per heavy atom. The molecule has 0 saturated carbocycles. The maximum atomic E-state index is 13.6. The van der Waals surface area contributed by atoms with Crippen LogP contribution in [0.25, 0.3) is 0 Å². The van der Waals surface area contributed by atoms with Gasteiger partial charge in [0.05, 0.1) is 13.2 Å². The Bertz CT molecular complexity index is 617. The molecule has 20 heavy (non-hydrogen) atoms. The highest BCUT2D eigenvalue weighted by Crippen LogP contribution is 2.26. The van der Waals surface area contributed by atoms with E-state index in [-0.39, 0.29) is 17.7 Å². The zero-order valence-corrected chi connectivity index (χ0v) is 12.3. The summed E-state index contributed by atoms with van der Waals surface area (Å²) >= 11 is 3.23. The second-order valence-electron chi connectivity index (χ2n) is 4.35. The highest BCUT2D eigenvalue weighted by atomic mass is 79.9. The van der Waals surface area contributed by atoms with Crippen LogP contribution in [0.2, 0.25) is 0 Å². The molecule has 1 atom stereocenters. The first-order chi connectivity index (χ1) is 9.51. The molecule has 0 aromatic heterocycles. The van der Waals surface area contributed by atoms with Crippen molar-refractivity contribution in [2.45, 2.75) is 12.5 Å². The largest absolute Gasteiger partial charge is 0.494 e. The molecule has 1 unspecified atom stereocenters. The molecule has 0 aliphatic rings. The molecule has 0 aliphatic carbocycles. The van der Waals surface area contributed by atoms with Gasteiger partial charge in [-0.15, -0.1) is 0 Å². The van der Waals surface area contributed by atoms with Crippen LogP contribution in [0.3, 0.4) is 0 Å². The smallest absolute Gasteiger partial charge is 0.165 e. The molecule has 0 bridgehead atoms. The van der Waals surface area contributed by atoms with Crippen LogP contribution in [-0.4, -0.2) is 12.2 Å². The Hall–Kier alpha value is -1.46. The number of hydrogen-bond acceptors (Lipinski definition) is 2. The summed E-state index contributed by atoms with van der Waals surface area (Å²) in [6.45, 7) is 0. The fourth-order valence-corrected chi connectivity index (χ4v) is 2.32. The second-order valence-corrected chi connectivity index (χ2v) is 5.27. The first-order valence-electron chi connectivity index (χ1n) is 5.96. The quantitative estimate of drug-likeness (QED) is 0.909. The van der Waals surface area contributed by atoms with Crippen molar-refractivity contribution in [1.29, 1.82) is 0 Å². The number of rotatable bonds is 4. The minimum Gasteiger partial charge on any atom is -0.494 e. The number of hydrogen-bond donors (Lipinski definition) is 1. The summed E-state index contributed by atoms with van der Waals surface area (Å²) < 4.78 is 32.7. The van der Waals surface area contributed by atoms with Crippen molar-refractivity contribution >= 4 is 15.9 Å². The molecular formula is C15H13BrF2O2. The predicted octanol–water partition coefficient (Wildman–Crippen LogP) is 4.01. The van der Waals surface area contributed by atoms with Crippen LogP contribution in [-0.2, 0) is 6.42 Å². The van der Waals surface area contributed by atoms with Crippen LogP contribution < -0.4 is 4.74 Å². The highest BCUT2D eigenvalue weighted by molar-refractivity contribution is 9.10. The Morgan fingerprint density at radius 3 is 2.55 bits per heavy atom. The predicted molar refractivity (Wildman–Crippen MR) is 75.7 cm³/mol. The zero-order valence-electron chi connectivity index (χ0n) is 10.7. The molecule has 0 amide bonds. The van der Waals surface area contributed by atoms with Gasteiger partial charge in [-0.3, -0.25) is 0 Å². The average Bonchev–Trinajstić information content (AvgIpc) is 2.41. The Kier molecular flexibility index (Phi) is 4.73. The van der Waals surface area contributed by atoms with Gasteiger partial charge in [0.25, 0.3) is 0 Å². The van der Waals surface area contributed by atoms with Crippen LogP contribution in [0, 0.1) is 11.6 Å². The van der Waals surface area contributed by atoms with Gasteiger partial charge in [-0.25, -0.2) is 8.78 Å². The molecular weight excluding hydrogens is 330 g/mol. The minimum absolute atomic E-state index is 0.119. The summed E-state index contributed by atoms with van der Waals surface area (Å²) in [6, 6.07) is 8.74. The van der Waals surface area contributed by atoms with E-state index in [0.29, 0.717) is 10.0 Å². The van der Waals surface area contributed by atoms with E-state index in [9.17, 15) is 13.9 Å². The van der Waals surface area contributed by atoms with Gasteiger partial charge < -0.3 is 9.84 Å². The maximum Gasteiger partial charge on any atom is 0.165 e. The van der Waals surface area contributed by atoms with Crippen LogP contribution in [0.15, 0.2) is 40.9 Å². The monoisotopic (exact) mass is 342 g/mol. The third kappa shape index (κ3) is 3.35. The third-order valence-corrected chi connectivity index (χ3v) is 3.46. The lowest BCUT2D eigenvalue weighted by Gasteiger charge is -2.13. The zero-order chi connectivity index (χ0) is 14.7. The number of aliphatic hydroxyl groups excluding tert-OH is 1. The van der Waals surface area contributed by atoms with Gasteiger partial charge in [0.15, 0.2) is 11.6 Å². The van der Waals surface area contributed by atoms with Crippen LogP contribution in [0.4, 0.5) is 8.78 Å². The van der Waals surface area contributed by atoms with Crippen molar-refractivity contribution in [2.75, 3.05) is 7.11 Å². The SMILES string of the molecule is COc1ccc(CC(O)c2cc(Br)ccc2F)cc1F. The van der Waals surface area contributed by atoms with E-state index in [4.69, 9.17) is 4.74 Å². The molecule has 0 saturated heterocycles. The maximum absolute atomic E-state index is 13.6. The van der Waals surface area contributed by atoms with Crippen molar-refractivity contribution in [2.24, 2.45) is 0 Å². The van der Waals surface area contributed by atoms with E-state index >= 15 is 0 Å². The Morgan fingerprint density at radius 2 is 1.90 bits per heavy atom. The highest BCUT2D eigenvalue weighted by Gasteiger charge is 2.15. The van der Waals surface area contributed by atoms with Crippen molar-refractivity contribution in [1.82, 2.24) is 0 Å². The number of benzene rings is 2. The third-order valence-electron chi connectivity index (χ3n) is 2.96. The summed E-state index contributed by atoms with van der Waals surface area (Å²) in [5, 5.41) is 10.1. The molecule has 2 nitrogen and oxygen atoms in total. The van der Waals surface area contributed by atoms with Gasteiger partial charge in [-0.2, -0.15) is 0 Å².